The van der Waals surface area contributed by atoms with Crippen molar-refractivity contribution in [1.29, 1.82) is 0 Å². The summed E-state index contributed by atoms with van der Waals surface area (Å²) in [6, 6.07) is 38.3. The number of para-hydroxylation sites is 1. The quantitative estimate of drug-likeness (QED) is 0.257. The number of rotatable bonds is 1. The van der Waals surface area contributed by atoms with Gasteiger partial charge in [-0.05, 0) is 63.0 Å². The van der Waals surface area contributed by atoms with E-state index in [2.05, 4.69) is 97.1 Å². The van der Waals surface area contributed by atoms with E-state index >= 15 is 0 Å². The van der Waals surface area contributed by atoms with Crippen molar-refractivity contribution in [3.63, 3.8) is 0 Å². The molecule has 0 atom stereocenters. The number of benzene rings is 6. The molecule has 0 aliphatic rings. The molecule has 0 radical (unpaired) electrons. The molecule has 2 heteroatoms. The summed E-state index contributed by atoms with van der Waals surface area (Å²) in [6.45, 7) is 0. The third-order valence-electron chi connectivity index (χ3n) is 7.07. The van der Waals surface area contributed by atoms with Crippen LogP contribution < -0.4 is 0 Å². The molecule has 0 amide bonds. The van der Waals surface area contributed by atoms with Crippen molar-refractivity contribution >= 4 is 65.4 Å². The van der Waals surface area contributed by atoms with Crippen molar-refractivity contribution in [2.45, 2.75) is 0 Å². The van der Waals surface area contributed by atoms with Crippen LogP contribution in [-0.2, 0) is 0 Å². The van der Waals surface area contributed by atoms with E-state index in [1.54, 1.807) is 0 Å². The Labute approximate surface area is 194 Å². The molecule has 0 saturated heterocycles. The maximum absolute atomic E-state index is 6.53. The largest absolute Gasteiger partial charge is 0.456 e. The Balaban J connectivity index is 1.50. The Hall–Kier alpha value is -4.56. The normalized spacial score (nSPS) is 12.1. The van der Waals surface area contributed by atoms with Crippen LogP contribution in [0.1, 0.15) is 0 Å². The molecule has 0 fully saturated rings. The van der Waals surface area contributed by atoms with Gasteiger partial charge in [0, 0.05) is 21.5 Å². The monoisotopic (exact) mass is 434 g/mol. The first-order valence-electron chi connectivity index (χ1n) is 11.5. The molecule has 2 aromatic heterocycles. The van der Waals surface area contributed by atoms with Gasteiger partial charge in [-0.1, -0.05) is 78.9 Å². The maximum Gasteiger partial charge on any atom is 0.136 e. The fraction of sp³-hybridized carbons (Fsp3) is 0. The van der Waals surface area contributed by atoms with Crippen molar-refractivity contribution in [3.05, 3.63) is 109 Å². The summed E-state index contributed by atoms with van der Waals surface area (Å²) < 4.78 is 12.7. The first-order valence-corrected chi connectivity index (χ1v) is 11.5. The second-order valence-corrected chi connectivity index (χ2v) is 8.91. The summed E-state index contributed by atoms with van der Waals surface area (Å²) in [6.07, 6.45) is 0. The van der Waals surface area contributed by atoms with Crippen molar-refractivity contribution in [3.8, 4) is 11.1 Å². The molecule has 8 rings (SSSR count). The van der Waals surface area contributed by atoms with Crippen LogP contribution in [0.15, 0.2) is 118 Å². The third kappa shape index (κ3) is 2.35. The third-order valence-corrected chi connectivity index (χ3v) is 7.07. The average Bonchev–Trinajstić information content (AvgIpc) is 3.19. The Kier molecular flexibility index (Phi) is 3.42. The lowest BCUT2D eigenvalue weighted by Gasteiger charge is -2.09. The van der Waals surface area contributed by atoms with Gasteiger partial charge >= 0.3 is 0 Å². The molecule has 0 spiro atoms. The van der Waals surface area contributed by atoms with E-state index in [-0.39, 0.29) is 0 Å². The molecule has 2 heterocycles. The number of furan rings is 1. The van der Waals surface area contributed by atoms with E-state index in [9.17, 15) is 0 Å². The standard InChI is InChI=1S/C32H18O2/c1-2-12-27-22(8-1)23-15-14-20(18-30(23)33-27)21-16-17-29-32-24(21)10-5-11-26(32)25-9-3-6-19-7-4-13-28(34-29)31(19)25/h1-18H. The van der Waals surface area contributed by atoms with Gasteiger partial charge in [-0.15, -0.1) is 0 Å². The molecule has 0 aliphatic heterocycles. The lowest BCUT2D eigenvalue weighted by Crippen LogP contribution is -1.83. The van der Waals surface area contributed by atoms with E-state index in [0.717, 1.165) is 44.1 Å². The second-order valence-electron chi connectivity index (χ2n) is 8.91. The topological polar surface area (TPSA) is 26.3 Å². The summed E-state index contributed by atoms with van der Waals surface area (Å²) >= 11 is 0. The molecule has 2 nitrogen and oxygen atoms in total. The molecule has 6 aromatic carbocycles. The first-order chi connectivity index (χ1) is 16.8. The molecule has 0 aliphatic carbocycles. The molecule has 0 bridgehead atoms. The van der Waals surface area contributed by atoms with Crippen molar-refractivity contribution < 1.29 is 8.83 Å². The van der Waals surface area contributed by atoms with E-state index in [1.807, 2.05) is 12.1 Å². The highest BCUT2D eigenvalue weighted by molar-refractivity contribution is 6.24. The fourth-order valence-electron chi connectivity index (χ4n) is 5.56. The Morgan fingerprint density at radius 3 is 1.97 bits per heavy atom. The van der Waals surface area contributed by atoms with Crippen LogP contribution in [0.25, 0.3) is 76.5 Å². The Bertz CT molecular complexity index is 2070. The smallest absolute Gasteiger partial charge is 0.136 e. The maximum atomic E-state index is 6.53. The zero-order chi connectivity index (χ0) is 22.2. The highest BCUT2D eigenvalue weighted by atomic mass is 16.3. The summed E-state index contributed by atoms with van der Waals surface area (Å²) in [7, 11) is 0. The molecule has 0 saturated carbocycles. The SMILES string of the molecule is c1ccc2c(c1)oc1cc(-c3ccc4oc5cccc6cccc(c7cccc3c47)c65)ccc12. The van der Waals surface area contributed by atoms with Crippen molar-refractivity contribution in [1.82, 2.24) is 0 Å². The molecule has 8 aromatic rings. The number of hydrogen-bond donors (Lipinski definition) is 0. The van der Waals surface area contributed by atoms with Gasteiger partial charge in [0.25, 0.3) is 0 Å². The summed E-state index contributed by atoms with van der Waals surface area (Å²) in [5.74, 6) is 0. The molecule has 0 unspecified atom stereocenters. The first kappa shape index (κ1) is 17.9. The van der Waals surface area contributed by atoms with Gasteiger partial charge < -0.3 is 8.83 Å². The van der Waals surface area contributed by atoms with Gasteiger partial charge in [-0.25, -0.2) is 0 Å². The fourth-order valence-corrected chi connectivity index (χ4v) is 5.56. The lowest BCUT2D eigenvalue weighted by atomic mass is 9.94. The van der Waals surface area contributed by atoms with Crippen molar-refractivity contribution in [2.75, 3.05) is 0 Å². The molecule has 0 N–H and O–H groups in total. The van der Waals surface area contributed by atoms with Crippen LogP contribution in [0.4, 0.5) is 0 Å². The Morgan fingerprint density at radius 2 is 1.03 bits per heavy atom. The van der Waals surface area contributed by atoms with Gasteiger partial charge in [0.2, 0.25) is 0 Å². The molecule has 158 valence electrons. The van der Waals surface area contributed by atoms with Gasteiger partial charge in [-0.3, -0.25) is 0 Å². The van der Waals surface area contributed by atoms with Gasteiger partial charge in [0.05, 0.1) is 0 Å². The zero-order valence-electron chi connectivity index (χ0n) is 18.2. The summed E-state index contributed by atoms with van der Waals surface area (Å²) in [5, 5.41) is 9.39. The van der Waals surface area contributed by atoms with E-state index in [1.165, 1.54) is 32.5 Å². The van der Waals surface area contributed by atoms with E-state index < -0.39 is 0 Å². The molecular weight excluding hydrogens is 416 g/mol. The van der Waals surface area contributed by atoms with Crippen LogP contribution in [0.2, 0.25) is 0 Å². The predicted octanol–water partition coefficient (Wildman–Crippen LogP) is 9.46. The van der Waals surface area contributed by atoms with E-state index in [0.29, 0.717) is 0 Å². The van der Waals surface area contributed by atoms with Gasteiger partial charge in [0.1, 0.15) is 22.3 Å². The van der Waals surface area contributed by atoms with Crippen molar-refractivity contribution in [2.24, 2.45) is 0 Å². The molecular formula is C32H18O2. The van der Waals surface area contributed by atoms with Gasteiger partial charge in [-0.2, -0.15) is 0 Å². The number of fused-ring (bicyclic) bond motifs is 4. The van der Waals surface area contributed by atoms with Crippen LogP contribution >= 0.6 is 0 Å². The highest BCUT2D eigenvalue weighted by Gasteiger charge is 2.15. The van der Waals surface area contributed by atoms with Crippen LogP contribution in [0.3, 0.4) is 0 Å². The van der Waals surface area contributed by atoms with Crippen LogP contribution in [0.5, 0.6) is 0 Å². The van der Waals surface area contributed by atoms with E-state index in [4.69, 9.17) is 8.83 Å². The summed E-state index contributed by atoms with van der Waals surface area (Å²) in [4.78, 5) is 0. The highest BCUT2D eigenvalue weighted by Crippen LogP contribution is 2.40. The minimum atomic E-state index is 0.892. The summed E-state index contributed by atoms with van der Waals surface area (Å²) in [5.41, 5.74) is 5.93. The lowest BCUT2D eigenvalue weighted by molar-refractivity contribution is 0.664. The van der Waals surface area contributed by atoms with Crippen LogP contribution in [0, 0.1) is 0 Å². The Morgan fingerprint density at radius 1 is 0.382 bits per heavy atom. The molecule has 34 heavy (non-hydrogen) atoms. The minimum Gasteiger partial charge on any atom is -0.456 e. The predicted molar refractivity (Wildman–Crippen MR) is 141 cm³/mol. The minimum absolute atomic E-state index is 0.892. The van der Waals surface area contributed by atoms with Crippen LogP contribution in [-0.4, -0.2) is 0 Å². The van der Waals surface area contributed by atoms with Gasteiger partial charge in [0.15, 0.2) is 0 Å². The zero-order valence-corrected chi connectivity index (χ0v) is 18.2. The number of hydrogen-bond acceptors (Lipinski definition) is 2. The average molecular weight is 434 g/mol. The second kappa shape index (κ2) is 6.49.